The number of fused-ring (bicyclic) bond motifs is 1. The van der Waals surface area contributed by atoms with Crippen LogP contribution in [0.5, 0.6) is 5.75 Å². The molecule has 1 aliphatic rings. The van der Waals surface area contributed by atoms with Gasteiger partial charge in [0.2, 0.25) is 0 Å². The van der Waals surface area contributed by atoms with Crippen molar-refractivity contribution in [3.05, 3.63) is 47.8 Å². The van der Waals surface area contributed by atoms with Crippen LogP contribution in [0.4, 0.5) is 10.1 Å². The van der Waals surface area contributed by atoms with E-state index in [0.29, 0.717) is 12.3 Å². The van der Waals surface area contributed by atoms with Crippen molar-refractivity contribution in [2.45, 2.75) is 19.3 Å². The quantitative estimate of drug-likeness (QED) is 0.790. The predicted octanol–water partition coefficient (Wildman–Crippen LogP) is 3.74. The summed E-state index contributed by atoms with van der Waals surface area (Å²) >= 11 is 0. The molecule has 19 heavy (non-hydrogen) atoms. The summed E-state index contributed by atoms with van der Waals surface area (Å²) in [7, 11) is 0. The molecular weight excluding hydrogens is 241 g/mol. The predicted molar refractivity (Wildman–Crippen MR) is 74.8 cm³/mol. The van der Waals surface area contributed by atoms with Gasteiger partial charge in [-0.05, 0) is 35.9 Å². The Kier molecular flexibility index (Phi) is 2.52. The first-order valence-electron chi connectivity index (χ1n) is 6.30. The lowest BCUT2D eigenvalue weighted by molar-refractivity contribution is 0.291. The van der Waals surface area contributed by atoms with Crippen LogP contribution in [0, 0.1) is 5.82 Å². The zero-order valence-corrected chi connectivity index (χ0v) is 11.0. The third-order valence-corrected chi connectivity index (χ3v) is 3.62. The minimum absolute atomic E-state index is 0.000135. The average Bonchev–Trinajstić information content (AvgIpc) is 2.65. The first kappa shape index (κ1) is 12.0. The van der Waals surface area contributed by atoms with Crippen LogP contribution in [-0.2, 0) is 5.41 Å². The van der Waals surface area contributed by atoms with E-state index < -0.39 is 0 Å². The van der Waals surface area contributed by atoms with Crippen molar-refractivity contribution in [3.8, 4) is 16.9 Å². The Morgan fingerprint density at radius 2 is 1.95 bits per heavy atom. The molecule has 1 aliphatic heterocycles. The molecule has 0 unspecified atom stereocenters. The molecule has 0 saturated carbocycles. The Morgan fingerprint density at radius 1 is 1.16 bits per heavy atom. The number of hydrogen-bond acceptors (Lipinski definition) is 2. The Bertz CT molecular complexity index is 649. The van der Waals surface area contributed by atoms with E-state index in [-0.39, 0.29) is 11.2 Å². The third kappa shape index (κ3) is 1.95. The molecule has 0 fully saturated rings. The molecule has 0 aliphatic carbocycles. The highest BCUT2D eigenvalue weighted by Gasteiger charge is 2.31. The number of rotatable bonds is 1. The van der Waals surface area contributed by atoms with Crippen LogP contribution >= 0.6 is 0 Å². The molecule has 2 aromatic rings. The van der Waals surface area contributed by atoms with Crippen LogP contribution in [0.3, 0.4) is 0 Å². The molecule has 1 heterocycles. The van der Waals surface area contributed by atoms with Crippen molar-refractivity contribution < 1.29 is 9.13 Å². The summed E-state index contributed by atoms with van der Waals surface area (Å²) in [4.78, 5) is 0. The topological polar surface area (TPSA) is 35.2 Å². The second kappa shape index (κ2) is 3.98. The normalized spacial score (nSPS) is 15.9. The van der Waals surface area contributed by atoms with Crippen molar-refractivity contribution in [2.75, 3.05) is 12.3 Å². The zero-order valence-electron chi connectivity index (χ0n) is 11.0. The van der Waals surface area contributed by atoms with Crippen molar-refractivity contribution in [1.82, 2.24) is 0 Å². The van der Waals surface area contributed by atoms with Gasteiger partial charge in [-0.1, -0.05) is 19.9 Å². The van der Waals surface area contributed by atoms with E-state index in [4.69, 9.17) is 10.5 Å². The van der Waals surface area contributed by atoms with Crippen LogP contribution in [0.15, 0.2) is 36.4 Å². The fraction of sp³-hybridized carbons (Fsp3) is 0.250. The minimum Gasteiger partial charge on any atom is -0.492 e. The van der Waals surface area contributed by atoms with E-state index in [1.54, 1.807) is 6.07 Å². The molecular formula is C16H16FNO. The lowest BCUT2D eigenvalue weighted by Crippen LogP contribution is -2.18. The maximum atomic E-state index is 13.1. The number of halogens is 1. The molecule has 0 amide bonds. The molecule has 0 radical (unpaired) electrons. The number of ether oxygens (including phenoxy) is 1. The highest BCUT2D eigenvalue weighted by Crippen LogP contribution is 2.41. The van der Waals surface area contributed by atoms with Crippen molar-refractivity contribution >= 4 is 5.69 Å². The number of nitrogen functional groups attached to an aromatic ring is 1. The maximum absolute atomic E-state index is 13.1. The molecule has 0 saturated heterocycles. The van der Waals surface area contributed by atoms with E-state index in [0.717, 1.165) is 16.9 Å². The van der Waals surface area contributed by atoms with Crippen LogP contribution in [-0.4, -0.2) is 6.61 Å². The maximum Gasteiger partial charge on any atom is 0.125 e. The highest BCUT2D eigenvalue weighted by molar-refractivity contribution is 5.77. The Hall–Kier alpha value is -2.03. The highest BCUT2D eigenvalue weighted by atomic mass is 19.1. The SMILES string of the molecule is CC1(C)COc2ccc(-c3ccc(F)cc3N)cc21. The number of anilines is 1. The molecule has 3 heteroatoms. The molecule has 98 valence electrons. The van der Waals surface area contributed by atoms with Gasteiger partial charge in [0.1, 0.15) is 11.6 Å². The number of hydrogen-bond donors (Lipinski definition) is 1. The number of benzene rings is 2. The summed E-state index contributed by atoms with van der Waals surface area (Å²) < 4.78 is 18.8. The van der Waals surface area contributed by atoms with Gasteiger partial charge in [-0.15, -0.1) is 0 Å². The van der Waals surface area contributed by atoms with Gasteiger partial charge in [0.05, 0.1) is 6.61 Å². The molecule has 2 nitrogen and oxygen atoms in total. The van der Waals surface area contributed by atoms with Gasteiger partial charge < -0.3 is 10.5 Å². The van der Waals surface area contributed by atoms with E-state index >= 15 is 0 Å². The summed E-state index contributed by atoms with van der Waals surface area (Å²) in [5.41, 5.74) is 9.37. The zero-order chi connectivity index (χ0) is 13.6. The molecule has 0 atom stereocenters. The van der Waals surface area contributed by atoms with Crippen LogP contribution in [0.25, 0.3) is 11.1 Å². The van der Waals surface area contributed by atoms with Crippen LogP contribution in [0.1, 0.15) is 19.4 Å². The van der Waals surface area contributed by atoms with E-state index in [2.05, 4.69) is 19.9 Å². The summed E-state index contributed by atoms with van der Waals surface area (Å²) in [5, 5.41) is 0. The number of nitrogens with two attached hydrogens (primary N) is 1. The summed E-state index contributed by atoms with van der Waals surface area (Å²) in [6.45, 7) is 4.98. The van der Waals surface area contributed by atoms with Crippen LogP contribution < -0.4 is 10.5 Å². The second-order valence-electron chi connectivity index (χ2n) is 5.62. The van der Waals surface area contributed by atoms with Crippen molar-refractivity contribution in [2.24, 2.45) is 0 Å². The fourth-order valence-corrected chi connectivity index (χ4v) is 2.48. The van der Waals surface area contributed by atoms with Gasteiger partial charge >= 0.3 is 0 Å². The van der Waals surface area contributed by atoms with Gasteiger partial charge in [0, 0.05) is 22.2 Å². The Labute approximate surface area is 112 Å². The Morgan fingerprint density at radius 3 is 2.68 bits per heavy atom. The first-order valence-corrected chi connectivity index (χ1v) is 6.30. The fourth-order valence-electron chi connectivity index (χ4n) is 2.48. The molecule has 2 aromatic carbocycles. The minimum atomic E-state index is -0.314. The van der Waals surface area contributed by atoms with Gasteiger partial charge in [0.15, 0.2) is 0 Å². The molecule has 3 rings (SSSR count). The molecule has 2 N–H and O–H groups in total. The van der Waals surface area contributed by atoms with E-state index in [1.807, 2.05) is 12.1 Å². The third-order valence-electron chi connectivity index (χ3n) is 3.62. The van der Waals surface area contributed by atoms with Gasteiger partial charge in [-0.2, -0.15) is 0 Å². The lowest BCUT2D eigenvalue weighted by atomic mass is 9.85. The van der Waals surface area contributed by atoms with E-state index in [1.165, 1.54) is 17.7 Å². The lowest BCUT2D eigenvalue weighted by Gasteiger charge is -2.16. The molecule has 0 aromatic heterocycles. The van der Waals surface area contributed by atoms with Crippen molar-refractivity contribution in [3.63, 3.8) is 0 Å². The summed E-state index contributed by atoms with van der Waals surface area (Å²) in [6, 6.07) is 10.5. The van der Waals surface area contributed by atoms with Gasteiger partial charge in [-0.25, -0.2) is 4.39 Å². The van der Waals surface area contributed by atoms with Crippen LogP contribution in [0.2, 0.25) is 0 Å². The summed E-state index contributed by atoms with van der Waals surface area (Å²) in [6.07, 6.45) is 0. The monoisotopic (exact) mass is 257 g/mol. The standard InChI is InChI=1S/C16H16FNO/c1-16(2)9-19-15-6-3-10(7-13(15)16)12-5-4-11(17)8-14(12)18/h3-8H,9,18H2,1-2H3. The largest absolute Gasteiger partial charge is 0.492 e. The Balaban J connectivity index is 2.13. The van der Waals surface area contributed by atoms with Gasteiger partial charge in [0.25, 0.3) is 0 Å². The summed E-state index contributed by atoms with van der Waals surface area (Å²) in [5.74, 6) is 0.612. The van der Waals surface area contributed by atoms with Gasteiger partial charge in [-0.3, -0.25) is 0 Å². The van der Waals surface area contributed by atoms with E-state index in [9.17, 15) is 4.39 Å². The molecule has 0 bridgehead atoms. The molecule has 0 spiro atoms. The first-order chi connectivity index (χ1) is 8.97. The average molecular weight is 257 g/mol. The smallest absolute Gasteiger partial charge is 0.125 e. The van der Waals surface area contributed by atoms with Crippen molar-refractivity contribution in [1.29, 1.82) is 0 Å². The second-order valence-corrected chi connectivity index (χ2v) is 5.62.